The average molecular weight is 1070 g/mol. The van der Waals surface area contributed by atoms with Crippen molar-refractivity contribution in [3.05, 3.63) is 271 Å². The molecule has 5 N–H and O–H groups in total. The fourth-order valence-corrected chi connectivity index (χ4v) is 12.4. The molecule has 1 fully saturated rings. The second-order valence-electron chi connectivity index (χ2n) is 20.4. The molecule has 3 aliphatic rings. The summed E-state index contributed by atoms with van der Waals surface area (Å²) in [4.78, 5) is 1.23. The normalized spacial score (nSPS) is 17.5. The summed E-state index contributed by atoms with van der Waals surface area (Å²) in [6.07, 6.45) is 13.9. The molecule has 0 spiro atoms. The van der Waals surface area contributed by atoms with E-state index >= 15 is 0 Å². The van der Waals surface area contributed by atoms with E-state index < -0.39 is 0 Å². The van der Waals surface area contributed by atoms with E-state index in [9.17, 15) is 5.11 Å². The first kappa shape index (κ1) is 61.4. The SMILES string of the molecule is C=C.C=C.C=S(NCc1ccc(CNC2CCc3cc(O)ccc3C2Cc2ccccc2)cc1)c1ccc2ccccc2c1.CC.CNc1ccccc1.c1ccc(CC2c3ccccc3CCC2NCC2CCCCC2)cc1. The van der Waals surface area contributed by atoms with Crippen molar-refractivity contribution >= 4 is 33.0 Å². The van der Waals surface area contributed by atoms with Gasteiger partial charge in [-0.05, 0) is 156 Å². The molecule has 11 rings (SSSR count). The summed E-state index contributed by atoms with van der Waals surface area (Å²) in [6.45, 7) is 18.9. The van der Waals surface area contributed by atoms with Crippen LogP contribution in [0.1, 0.15) is 115 Å². The lowest BCUT2D eigenvalue weighted by Gasteiger charge is -2.36. The molecule has 5 unspecified atom stereocenters. The molecule has 0 bridgehead atoms. The third-order valence-corrected chi connectivity index (χ3v) is 16.8. The van der Waals surface area contributed by atoms with E-state index in [0.29, 0.717) is 29.7 Å². The lowest BCUT2D eigenvalue weighted by Crippen LogP contribution is -2.41. The van der Waals surface area contributed by atoms with E-state index in [4.69, 9.17) is 0 Å². The summed E-state index contributed by atoms with van der Waals surface area (Å²) >= 11 is 0. The molecule has 0 aliphatic heterocycles. The molecule has 0 saturated heterocycles. The van der Waals surface area contributed by atoms with Crippen molar-refractivity contribution in [2.45, 2.75) is 126 Å². The molecule has 0 amide bonds. The van der Waals surface area contributed by atoms with Crippen LogP contribution in [0.4, 0.5) is 5.69 Å². The van der Waals surface area contributed by atoms with Gasteiger partial charge in [-0.15, -0.1) is 26.3 Å². The maximum absolute atomic E-state index is 10.0. The number of fused-ring (bicyclic) bond motifs is 3. The van der Waals surface area contributed by atoms with Gasteiger partial charge < -0.3 is 21.1 Å². The molecule has 5 nitrogen and oxygen atoms in total. The molecule has 0 heterocycles. The predicted octanol–water partition coefficient (Wildman–Crippen LogP) is 17.6. The highest BCUT2D eigenvalue weighted by atomic mass is 32.2. The largest absolute Gasteiger partial charge is 0.508 e. The van der Waals surface area contributed by atoms with Crippen LogP contribution < -0.4 is 20.7 Å². The standard InChI is InChI=1S/C36H36N2OS.C24H31N.C7H9N.C2H6.2C2H4/c1-40(33-18-15-29-9-5-6-10-30(29)23-33)38-25-28-13-11-27(12-14-28)24-37-36-20-16-31-22-32(39)17-19-34(31)35(36)21-26-7-3-2-4-8-26;1-3-9-19(10-4-1)17-23-22-14-8-7-13-21(22)15-16-24(23)25-18-20-11-5-2-6-12-20;1-8-7-5-3-2-4-6-7;3*1-2/h2-15,17-19,22-23,35-39H,1,16,20-21,24-25H2;1,3-4,7-10,13-14,20,23-25H,2,5-6,11-12,15-18H2;2-6,8H,1H3;1-2H3;2*1-2H2. The van der Waals surface area contributed by atoms with E-state index in [2.05, 4.69) is 211 Å². The monoisotopic (exact) mass is 1070 g/mol. The summed E-state index contributed by atoms with van der Waals surface area (Å²) in [6, 6.07) is 71.9. The van der Waals surface area contributed by atoms with Gasteiger partial charge in [-0.1, -0.05) is 213 Å². The summed E-state index contributed by atoms with van der Waals surface area (Å²) in [5.41, 5.74) is 12.3. The maximum Gasteiger partial charge on any atom is 0.115 e. The molecular formula is C73H90N4OS. The van der Waals surface area contributed by atoms with E-state index in [1.54, 1.807) is 11.1 Å². The second-order valence-corrected chi connectivity index (χ2v) is 22.0. The van der Waals surface area contributed by atoms with Gasteiger partial charge in [0, 0.05) is 54.6 Å². The molecule has 414 valence electrons. The number of phenols is 1. The highest BCUT2D eigenvalue weighted by Crippen LogP contribution is 2.38. The molecular weight excluding hydrogens is 981 g/mol. The summed E-state index contributed by atoms with van der Waals surface area (Å²) in [5, 5.41) is 23.5. The highest BCUT2D eigenvalue weighted by molar-refractivity contribution is 8.12. The van der Waals surface area contributed by atoms with Crippen LogP contribution in [-0.2, 0) is 38.8 Å². The Hall–Kier alpha value is -6.80. The Kier molecular flexibility index (Phi) is 26.6. The Labute approximate surface area is 478 Å². The minimum atomic E-state index is -0.271. The van der Waals surface area contributed by atoms with Crippen molar-refractivity contribution in [2.75, 3.05) is 18.9 Å². The number of rotatable bonds is 15. The highest BCUT2D eigenvalue weighted by Gasteiger charge is 2.31. The molecule has 0 aromatic heterocycles. The van der Waals surface area contributed by atoms with Gasteiger partial charge in [-0.25, -0.2) is 0 Å². The fraction of sp³-hybridized carbons (Fsp3) is 0.301. The first-order valence-corrected chi connectivity index (χ1v) is 30.4. The number of aryl methyl sites for hydroxylation is 2. The van der Waals surface area contributed by atoms with Gasteiger partial charge in [-0.2, -0.15) is 0 Å². The fourth-order valence-electron chi connectivity index (χ4n) is 11.4. The molecule has 8 aromatic carbocycles. The lowest BCUT2D eigenvalue weighted by molar-refractivity contribution is 0.301. The van der Waals surface area contributed by atoms with Crippen LogP contribution in [0, 0.1) is 5.92 Å². The van der Waals surface area contributed by atoms with Gasteiger partial charge in [0.15, 0.2) is 0 Å². The van der Waals surface area contributed by atoms with Gasteiger partial charge in [0.2, 0.25) is 0 Å². The third-order valence-electron chi connectivity index (χ3n) is 15.5. The Morgan fingerprint density at radius 2 is 1.00 bits per heavy atom. The van der Waals surface area contributed by atoms with E-state index in [1.165, 1.54) is 101 Å². The van der Waals surface area contributed by atoms with Crippen molar-refractivity contribution < 1.29 is 5.11 Å². The molecule has 8 aromatic rings. The van der Waals surface area contributed by atoms with E-state index in [1.807, 2.05) is 63.4 Å². The van der Waals surface area contributed by atoms with Crippen LogP contribution >= 0.6 is 10.7 Å². The Balaban J connectivity index is 0.000000219. The molecule has 5 atom stereocenters. The number of phenolic OH excluding ortho intramolecular Hbond substituents is 1. The number of nitrogens with one attached hydrogen (secondary N) is 4. The van der Waals surface area contributed by atoms with Crippen molar-refractivity contribution in [1.29, 1.82) is 0 Å². The van der Waals surface area contributed by atoms with Gasteiger partial charge >= 0.3 is 0 Å². The molecule has 3 aliphatic carbocycles. The molecule has 79 heavy (non-hydrogen) atoms. The van der Waals surface area contributed by atoms with Crippen LogP contribution in [0.2, 0.25) is 0 Å². The van der Waals surface area contributed by atoms with Crippen LogP contribution in [0.15, 0.2) is 231 Å². The second kappa shape index (κ2) is 34.3. The van der Waals surface area contributed by atoms with Crippen molar-refractivity contribution in [2.24, 2.45) is 5.92 Å². The van der Waals surface area contributed by atoms with E-state index in [-0.39, 0.29) is 10.7 Å². The summed E-state index contributed by atoms with van der Waals surface area (Å²) in [5.74, 6) is 6.63. The van der Waals surface area contributed by atoms with Crippen LogP contribution in [0.25, 0.3) is 10.8 Å². The predicted molar refractivity (Wildman–Crippen MR) is 346 cm³/mol. The minimum absolute atomic E-state index is 0.271. The van der Waals surface area contributed by atoms with Crippen LogP contribution in [-0.4, -0.2) is 36.7 Å². The number of para-hydroxylation sites is 1. The first-order valence-electron chi connectivity index (χ1n) is 29.0. The Morgan fingerprint density at radius 3 is 1.61 bits per heavy atom. The van der Waals surface area contributed by atoms with Crippen molar-refractivity contribution in [3.63, 3.8) is 0 Å². The van der Waals surface area contributed by atoms with Gasteiger partial charge in [0.25, 0.3) is 0 Å². The maximum atomic E-state index is 10.0. The number of hydrogen-bond acceptors (Lipinski definition) is 5. The Morgan fingerprint density at radius 1 is 0.481 bits per heavy atom. The topological polar surface area (TPSA) is 68.3 Å². The van der Waals surface area contributed by atoms with Crippen LogP contribution in [0.3, 0.4) is 0 Å². The van der Waals surface area contributed by atoms with Gasteiger partial charge in [-0.3, -0.25) is 4.72 Å². The van der Waals surface area contributed by atoms with Crippen LogP contribution in [0.5, 0.6) is 5.75 Å². The zero-order valence-electron chi connectivity index (χ0n) is 47.7. The lowest BCUT2D eigenvalue weighted by atomic mass is 9.76. The average Bonchev–Trinajstić information content (AvgIpc) is 3.57. The quantitative estimate of drug-likeness (QED) is 0.0523. The number of hydrogen-bond donors (Lipinski definition) is 5. The Bertz CT molecular complexity index is 2970. The van der Waals surface area contributed by atoms with Crippen molar-refractivity contribution in [1.82, 2.24) is 15.4 Å². The van der Waals surface area contributed by atoms with Gasteiger partial charge in [0.1, 0.15) is 5.75 Å². The number of anilines is 1. The molecule has 1 saturated carbocycles. The van der Waals surface area contributed by atoms with Crippen molar-refractivity contribution in [3.8, 4) is 5.75 Å². The molecule has 6 heteroatoms. The first-order chi connectivity index (χ1) is 39.0. The zero-order valence-corrected chi connectivity index (χ0v) is 48.5. The van der Waals surface area contributed by atoms with E-state index in [0.717, 1.165) is 50.4 Å². The third kappa shape index (κ3) is 18.9. The summed E-state index contributed by atoms with van der Waals surface area (Å²) < 4.78 is 3.61. The minimum Gasteiger partial charge on any atom is -0.508 e. The van der Waals surface area contributed by atoms with Gasteiger partial charge in [0.05, 0.1) is 0 Å². The summed E-state index contributed by atoms with van der Waals surface area (Å²) in [7, 11) is 1.64. The smallest absolute Gasteiger partial charge is 0.115 e. The zero-order chi connectivity index (χ0) is 56.0. The number of aromatic hydroxyl groups is 1. The number of benzene rings is 8. The molecule has 0 radical (unpaired) electrons.